The van der Waals surface area contributed by atoms with Crippen LogP contribution in [0.15, 0.2) is 96.6 Å². The molecule has 3 nitrogen and oxygen atoms in total. The van der Waals surface area contributed by atoms with Gasteiger partial charge >= 0.3 is 0 Å². The quantitative estimate of drug-likeness (QED) is 0.166. The number of fused-ring (bicyclic) bond motifs is 4. The summed E-state index contributed by atoms with van der Waals surface area (Å²) in [5.41, 5.74) is 5.45. The summed E-state index contributed by atoms with van der Waals surface area (Å²) in [4.78, 5) is 28.8. The van der Waals surface area contributed by atoms with Crippen molar-refractivity contribution in [3.05, 3.63) is 136 Å². The molecule has 0 aromatic heterocycles. The summed E-state index contributed by atoms with van der Waals surface area (Å²) in [5.74, 6) is -1.76. The van der Waals surface area contributed by atoms with Crippen LogP contribution in [0.1, 0.15) is 51.3 Å². The molecule has 0 fully saturated rings. The number of halogens is 2. The Labute approximate surface area is 236 Å². The first-order valence-electron chi connectivity index (χ1n) is 13.5. The van der Waals surface area contributed by atoms with E-state index in [0.717, 1.165) is 38.8 Å². The van der Waals surface area contributed by atoms with E-state index in [1.165, 1.54) is 18.2 Å². The summed E-state index contributed by atoms with van der Waals surface area (Å²) in [6, 6.07) is 26.5. The number of nitrogens with zero attached hydrogens (tertiary/aromatic N) is 1. The van der Waals surface area contributed by atoms with Crippen molar-refractivity contribution in [2.24, 2.45) is 0 Å². The number of carbonyl (C=O) groups excluding carboxylic acids is 2. The van der Waals surface area contributed by atoms with Gasteiger partial charge in [-0.05, 0) is 87.6 Å². The van der Waals surface area contributed by atoms with Crippen LogP contribution in [0.25, 0.3) is 28.0 Å². The van der Waals surface area contributed by atoms with Crippen molar-refractivity contribution >= 4 is 39.8 Å². The van der Waals surface area contributed by atoms with Crippen LogP contribution in [-0.4, -0.2) is 18.6 Å². The number of rotatable bonds is 2. The lowest BCUT2D eigenvalue weighted by molar-refractivity contribution is 0.0990. The van der Waals surface area contributed by atoms with Crippen LogP contribution < -0.4 is 4.90 Å². The molecule has 200 valence electrons. The molecule has 2 aliphatic rings. The Morgan fingerprint density at radius 3 is 1.85 bits per heavy atom. The lowest BCUT2D eigenvalue weighted by atomic mass is 9.72. The first-order chi connectivity index (χ1) is 19.6. The lowest BCUT2D eigenvalue weighted by Crippen LogP contribution is -2.31. The Balaban J connectivity index is 1.32. The third-order valence-electron chi connectivity index (χ3n) is 8.51. The third kappa shape index (κ3) is 3.69. The number of carbonyl (C=O) groups is 2. The second-order valence-corrected chi connectivity index (χ2v) is 11.3. The molecule has 5 aromatic rings. The minimum absolute atomic E-state index is 0.0523. The van der Waals surface area contributed by atoms with Crippen molar-refractivity contribution in [1.82, 2.24) is 0 Å². The van der Waals surface area contributed by atoms with Crippen LogP contribution in [0.3, 0.4) is 0 Å². The predicted molar refractivity (Wildman–Crippen MR) is 159 cm³/mol. The van der Waals surface area contributed by atoms with Crippen molar-refractivity contribution in [3.63, 3.8) is 0 Å². The Morgan fingerprint density at radius 1 is 0.683 bits per heavy atom. The molecule has 0 atom stereocenters. The molecule has 1 heterocycles. The molecule has 5 heteroatoms. The van der Waals surface area contributed by atoms with Gasteiger partial charge < -0.3 is 4.90 Å². The van der Waals surface area contributed by atoms with Crippen molar-refractivity contribution in [3.8, 4) is 11.1 Å². The Kier molecular flexibility index (Phi) is 5.39. The maximum atomic E-state index is 14.7. The fraction of sp³-hybridized carbons (Fsp3) is 0.111. The normalized spacial score (nSPS) is 15.1. The van der Waals surface area contributed by atoms with Gasteiger partial charge in [0.25, 0.3) is 0 Å². The Hall–Kier alpha value is -4.90. The molecule has 0 saturated carbocycles. The SMILES string of the molecule is CN1c2ccc(C=C3C(=O)c4cc5ccccc5cc4C3=O)cc2C(C)(C)c2cc(-c3c(F)cccc3F)ccc21. The number of allylic oxidation sites excluding steroid dienone is 1. The molecule has 0 bridgehead atoms. The standard InChI is InChI=1S/C36H25F2NO2/c1-36(2)27-16-20(15-26-34(40)24-17-21-7-4-5-8-22(21)18-25(24)35(26)41)11-13-31(27)39(3)32-14-12-23(19-28(32)36)33-29(37)9-6-10-30(33)38/h4-19H,1-3H3. The van der Waals surface area contributed by atoms with Crippen LogP contribution in [0.5, 0.6) is 0 Å². The van der Waals surface area contributed by atoms with Crippen molar-refractivity contribution in [2.45, 2.75) is 19.3 Å². The highest BCUT2D eigenvalue weighted by Crippen LogP contribution is 2.50. The molecular weight excluding hydrogens is 516 g/mol. The highest BCUT2D eigenvalue weighted by atomic mass is 19.1. The van der Waals surface area contributed by atoms with Gasteiger partial charge in [-0.15, -0.1) is 0 Å². The summed E-state index contributed by atoms with van der Waals surface area (Å²) < 4.78 is 29.3. The Morgan fingerprint density at radius 2 is 1.24 bits per heavy atom. The fourth-order valence-electron chi connectivity index (χ4n) is 6.28. The molecule has 5 aromatic carbocycles. The van der Waals surface area contributed by atoms with Crippen LogP contribution in [-0.2, 0) is 5.41 Å². The molecule has 0 unspecified atom stereocenters. The topological polar surface area (TPSA) is 37.4 Å². The van der Waals surface area contributed by atoms with Gasteiger partial charge in [-0.1, -0.05) is 56.3 Å². The van der Waals surface area contributed by atoms with E-state index in [4.69, 9.17) is 0 Å². The summed E-state index contributed by atoms with van der Waals surface area (Å²) in [7, 11) is 1.96. The Bertz CT molecular complexity index is 1930. The van der Waals surface area contributed by atoms with Crippen LogP contribution in [0, 0.1) is 11.6 Å². The molecule has 0 radical (unpaired) electrons. The van der Waals surface area contributed by atoms with E-state index >= 15 is 0 Å². The third-order valence-corrected chi connectivity index (χ3v) is 8.51. The average molecular weight is 542 g/mol. The number of anilines is 2. The molecular formula is C36H25F2NO2. The van der Waals surface area contributed by atoms with Gasteiger partial charge in [0.05, 0.1) is 11.1 Å². The maximum absolute atomic E-state index is 14.7. The monoisotopic (exact) mass is 541 g/mol. The van der Waals surface area contributed by atoms with Gasteiger partial charge in [0.1, 0.15) is 11.6 Å². The van der Waals surface area contributed by atoms with Crippen LogP contribution >= 0.6 is 0 Å². The van der Waals surface area contributed by atoms with E-state index in [0.29, 0.717) is 16.7 Å². The first kappa shape index (κ1) is 25.1. The molecule has 0 spiro atoms. The zero-order valence-electron chi connectivity index (χ0n) is 22.8. The highest BCUT2D eigenvalue weighted by molar-refractivity contribution is 6.42. The van der Waals surface area contributed by atoms with Crippen molar-refractivity contribution < 1.29 is 18.4 Å². The zero-order valence-corrected chi connectivity index (χ0v) is 22.8. The second-order valence-electron chi connectivity index (χ2n) is 11.3. The molecule has 7 rings (SSSR count). The molecule has 1 aliphatic heterocycles. The summed E-state index contributed by atoms with van der Waals surface area (Å²) in [6.07, 6.45) is 1.67. The number of hydrogen-bond donors (Lipinski definition) is 0. The molecule has 1 aliphatic carbocycles. The van der Waals surface area contributed by atoms with Gasteiger partial charge in [0.2, 0.25) is 0 Å². The fourth-order valence-corrected chi connectivity index (χ4v) is 6.28. The summed E-state index contributed by atoms with van der Waals surface area (Å²) in [5, 5.41) is 1.83. The molecule has 41 heavy (non-hydrogen) atoms. The van der Waals surface area contributed by atoms with Crippen LogP contribution in [0.2, 0.25) is 0 Å². The van der Waals surface area contributed by atoms with Gasteiger partial charge in [0.15, 0.2) is 11.6 Å². The first-order valence-corrected chi connectivity index (χ1v) is 13.5. The van der Waals surface area contributed by atoms with Crippen LogP contribution in [0.4, 0.5) is 20.2 Å². The number of benzene rings is 5. The summed E-state index contributed by atoms with van der Waals surface area (Å²) >= 11 is 0. The van der Waals surface area contributed by atoms with E-state index in [9.17, 15) is 18.4 Å². The summed E-state index contributed by atoms with van der Waals surface area (Å²) in [6.45, 7) is 4.15. The van der Waals surface area contributed by atoms with E-state index in [1.54, 1.807) is 24.3 Å². The lowest BCUT2D eigenvalue weighted by Gasteiger charge is -2.41. The largest absolute Gasteiger partial charge is 0.344 e. The second kappa shape index (κ2) is 8.80. The number of hydrogen-bond acceptors (Lipinski definition) is 3. The molecule has 0 amide bonds. The van der Waals surface area contributed by atoms with Crippen molar-refractivity contribution in [1.29, 1.82) is 0 Å². The minimum Gasteiger partial charge on any atom is -0.344 e. The molecule has 0 N–H and O–H groups in total. The molecule has 0 saturated heterocycles. The average Bonchev–Trinajstić information content (AvgIpc) is 3.19. The predicted octanol–water partition coefficient (Wildman–Crippen LogP) is 8.65. The zero-order chi connectivity index (χ0) is 28.6. The van der Waals surface area contributed by atoms with Gasteiger partial charge in [0, 0.05) is 35.0 Å². The van der Waals surface area contributed by atoms with E-state index < -0.39 is 17.0 Å². The van der Waals surface area contributed by atoms with Gasteiger partial charge in [-0.2, -0.15) is 0 Å². The maximum Gasteiger partial charge on any atom is 0.197 e. The number of Topliss-reactive ketones (excluding diaryl/α,β-unsaturated/α-hetero) is 2. The van der Waals surface area contributed by atoms with Gasteiger partial charge in [-0.3, -0.25) is 9.59 Å². The van der Waals surface area contributed by atoms with E-state index in [1.807, 2.05) is 61.6 Å². The van der Waals surface area contributed by atoms with Gasteiger partial charge in [-0.25, -0.2) is 8.78 Å². The van der Waals surface area contributed by atoms with E-state index in [2.05, 4.69) is 18.7 Å². The minimum atomic E-state index is -0.610. The van der Waals surface area contributed by atoms with Crippen molar-refractivity contribution in [2.75, 3.05) is 11.9 Å². The van der Waals surface area contributed by atoms with E-state index in [-0.39, 0.29) is 22.7 Å². The smallest absolute Gasteiger partial charge is 0.197 e. The number of ketones is 2. The highest BCUT2D eigenvalue weighted by Gasteiger charge is 2.37.